The summed E-state index contributed by atoms with van der Waals surface area (Å²) >= 11 is 0. The highest BCUT2D eigenvalue weighted by atomic mass is 32.2. The number of hydrogen-bond acceptors (Lipinski definition) is 3. The van der Waals surface area contributed by atoms with Crippen molar-refractivity contribution in [3.8, 4) is 11.1 Å². The van der Waals surface area contributed by atoms with Gasteiger partial charge in [-0.2, -0.15) is 31.1 Å². The molecule has 0 saturated carbocycles. The monoisotopic (exact) mass is 530 g/mol. The highest BCUT2D eigenvalue weighted by Crippen LogP contribution is 2.34. The van der Waals surface area contributed by atoms with Gasteiger partial charge in [-0.05, 0) is 41.5 Å². The largest absolute Gasteiger partial charge is 0.416 e. The molecule has 12 heteroatoms. The van der Waals surface area contributed by atoms with Gasteiger partial charge in [0.2, 0.25) is 15.9 Å². The normalized spacial score (nSPS) is 13.3. The molecule has 1 N–H and O–H groups in total. The van der Waals surface area contributed by atoms with Gasteiger partial charge in [0.05, 0.1) is 16.0 Å². The fraction of sp³-hybridized carbons (Fsp3) is 0.208. The fourth-order valence-corrected chi connectivity index (χ4v) is 4.82. The van der Waals surface area contributed by atoms with Crippen molar-refractivity contribution in [2.45, 2.75) is 23.3 Å². The van der Waals surface area contributed by atoms with Crippen LogP contribution in [0.1, 0.15) is 22.7 Å². The molecule has 192 valence electrons. The number of nitrogens with one attached hydrogen (secondary N) is 1. The zero-order chi connectivity index (χ0) is 26.9. The van der Waals surface area contributed by atoms with Crippen molar-refractivity contribution in [2.24, 2.45) is 0 Å². The van der Waals surface area contributed by atoms with E-state index in [1.54, 1.807) is 0 Å². The third kappa shape index (κ3) is 6.05. The lowest BCUT2D eigenvalue weighted by molar-refractivity contribution is -0.138. The first-order chi connectivity index (χ1) is 16.6. The lowest BCUT2D eigenvalue weighted by Gasteiger charge is -2.23. The maximum absolute atomic E-state index is 13.4. The van der Waals surface area contributed by atoms with Crippen LogP contribution in [0.5, 0.6) is 0 Å². The quantitative estimate of drug-likeness (QED) is 0.428. The van der Waals surface area contributed by atoms with Crippen LogP contribution < -0.4 is 4.72 Å². The molecule has 5 nitrogen and oxygen atoms in total. The first kappa shape index (κ1) is 27.2. The number of carbonyl (C=O) groups excluding carboxylic acids is 1. The third-order valence-corrected chi connectivity index (χ3v) is 6.69. The first-order valence-electron chi connectivity index (χ1n) is 10.3. The number of benzene rings is 3. The van der Waals surface area contributed by atoms with Crippen molar-refractivity contribution in [1.82, 2.24) is 9.62 Å². The van der Waals surface area contributed by atoms with Gasteiger partial charge in [0.1, 0.15) is 6.04 Å². The van der Waals surface area contributed by atoms with Gasteiger partial charge >= 0.3 is 12.4 Å². The molecule has 0 aromatic heterocycles. The zero-order valence-electron chi connectivity index (χ0n) is 18.9. The van der Waals surface area contributed by atoms with E-state index in [0.29, 0.717) is 6.07 Å². The molecule has 1 amide bonds. The highest BCUT2D eigenvalue weighted by Gasteiger charge is 2.34. The molecule has 36 heavy (non-hydrogen) atoms. The second-order valence-corrected chi connectivity index (χ2v) is 9.66. The average molecular weight is 530 g/mol. The molecule has 1 unspecified atom stereocenters. The third-order valence-electron chi connectivity index (χ3n) is 5.21. The van der Waals surface area contributed by atoms with Gasteiger partial charge in [-0.15, -0.1) is 0 Å². The van der Waals surface area contributed by atoms with Crippen molar-refractivity contribution in [1.29, 1.82) is 0 Å². The molecule has 0 aliphatic rings. The number of alkyl halides is 6. The Hall–Kier alpha value is -3.38. The SMILES string of the molecule is CN(C)C(=O)C(NS(=O)(=O)c1ccccc1-c1ccc(C(F)(F)F)cc1)c1cccc(C(F)(F)F)c1. The lowest BCUT2D eigenvalue weighted by atomic mass is 10.0. The van der Waals surface area contributed by atoms with E-state index in [2.05, 4.69) is 4.72 Å². The van der Waals surface area contributed by atoms with Crippen molar-refractivity contribution in [3.63, 3.8) is 0 Å². The Morgan fingerprint density at radius 3 is 1.94 bits per heavy atom. The summed E-state index contributed by atoms with van der Waals surface area (Å²) in [6, 6.07) is 11.2. The van der Waals surface area contributed by atoms with E-state index in [1.807, 2.05) is 0 Å². The van der Waals surface area contributed by atoms with E-state index >= 15 is 0 Å². The Labute approximate surface area is 203 Å². The minimum Gasteiger partial charge on any atom is -0.347 e. The topological polar surface area (TPSA) is 66.5 Å². The number of amides is 1. The number of sulfonamides is 1. The Morgan fingerprint density at radius 2 is 1.39 bits per heavy atom. The molecule has 3 rings (SSSR count). The highest BCUT2D eigenvalue weighted by molar-refractivity contribution is 7.89. The van der Waals surface area contributed by atoms with Crippen molar-refractivity contribution in [2.75, 3.05) is 14.1 Å². The molecule has 1 atom stereocenters. The Balaban J connectivity index is 2.06. The summed E-state index contributed by atoms with van der Waals surface area (Å²) in [5, 5.41) is 0. The summed E-state index contributed by atoms with van der Waals surface area (Å²) in [7, 11) is -1.93. The summed E-state index contributed by atoms with van der Waals surface area (Å²) in [5.41, 5.74) is -2.04. The van der Waals surface area contributed by atoms with Crippen molar-refractivity contribution in [3.05, 3.63) is 89.5 Å². The van der Waals surface area contributed by atoms with E-state index in [0.717, 1.165) is 41.3 Å². The number of hydrogen-bond donors (Lipinski definition) is 1. The van der Waals surface area contributed by atoms with Gasteiger partial charge in [-0.1, -0.05) is 42.5 Å². The second kappa shape index (κ2) is 9.94. The molecule has 3 aromatic rings. The Kier molecular flexibility index (Phi) is 7.51. The second-order valence-electron chi connectivity index (χ2n) is 7.98. The average Bonchev–Trinajstić information content (AvgIpc) is 2.81. The van der Waals surface area contributed by atoms with Gasteiger partial charge in [0, 0.05) is 19.7 Å². The summed E-state index contributed by atoms with van der Waals surface area (Å²) in [6.07, 6.45) is -9.31. The molecule has 3 aromatic carbocycles. The van der Waals surface area contributed by atoms with Gasteiger partial charge in [0.25, 0.3) is 0 Å². The number of halogens is 6. The summed E-state index contributed by atoms with van der Waals surface area (Å²) < 4.78 is 107. The summed E-state index contributed by atoms with van der Waals surface area (Å²) in [6.45, 7) is 0. The lowest BCUT2D eigenvalue weighted by Crippen LogP contribution is -2.40. The van der Waals surface area contributed by atoms with E-state index in [-0.39, 0.29) is 21.6 Å². The number of carbonyl (C=O) groups is 1. The predicted octanol–water partition coefficient (Wildman–Crippen LogP) is 5.50. The standard InChI is InChI=1S/C24H20F6N2O3S/c1-32(2)22(33)21(16-6-5-7-18(14-16)24(28,29)30)31-36(34,35)20-9-4-3-8-19(20)15-10-12-17(13-11-15)23(25,26)27/h3-14,21,31H,1-2H3. The number of likely N-dealkylation sites (N-methyl/N-ethyl adjacent to an activating group) is 1. The van der Waals surface area contributed by atoms with Crippen LogP contribution in [-0.4, -0.2) is 33.3 Å². The molecular weight excluding hydrogens is 510 g/mol. The van der Waals surface area contributed by atoms with Crippen LogP contribution in [0, 0.1) is 0 Å². The van der Waals surface area contributed by atoms with Crippen LogP contribution >= 0.6 is 0 Å². The number of rotatable bonds is 6. The maximum Gasteiger partial charge on any atom is 0.416 e. The van der Waals surface area contributed by atoms with E-state index < -0.39 is 45.5 Å². The molecule has 0 radical (unpaired) electrons. The maximum atomic E-state index is 13.4. The van der Waals surface area contributed by atoms with Gasteiger partial charge in [0.15, 0.2) is 0 Å². The fourth-order valence-electron chi connectivity index (χ4n) is 3.41. The smallest absolute Gasteiger partial charge is 0.347 e. The van der Waals surface area contributed by atoms with Crippen LogP contribution in [0.3, 0.4) is 0 Å². The van der Waals surface area contributed by atoms with E-state index in [4.69, 9.17) is 0 Å². The van der Waals surface area contributed by atoms with Gasteiger partial charge in [-0.25, -0.2) is 8.42 Å². The molecule has 0 bridgehead atoms. The molecular formula is C24H20F6N2O3S. The molecule has 0 fully saturated rings. The molecule has 0 aliphatic carbocycles. The van der Waals surface area contributed by atoms with E-state index in [9.17, 15) is 39.6 Å². The first-order valence-corrected chi connectivity index (χ1v) is 11.8. The zero-order valence-corrected chi connectivity index (χ0v) is 19.7. The number of nitrogens with zero attached hydrogens (tertiary/aromatic N) is 1. The Bertz CT molecular complexity index is 1350. The van der Waals surface area contributed by atoms with E-state index in [1.165, 1.54) is 44.4 Å². The van der Waals surface area contributed by atoms with Crippen molar-refractivity contribution < 1.29 is 39.6 Å². The van der Waals surface area contributed by atoms with Gasteiger partial charge in [-0.3, -0.25) is 4.79 Å². The van der Waals surface area contributed by atoms with Crippen LogP contribution in [0.4, 0.5) is 26.3 Å². The van der Waals surface area contributed by atoms with Crippen LogP contribution in [0.15, 0.2) is 77.7 Å². The molecule has 0 heterocycles. The van der Waals surface area contributed by atoms with Crippen LogP contribution in [0.25, 0.3) is 11.1 Å². The van der Waals surface area contributed by atoms with Gasteiger partial charge < -0.3 is 4.90 Å². The minimum absolute atomic E-state index is 0.0406. The van der Waals surface area contributed by atoms with Crippen LogP contribution in [-0.2, 0) is 27.2 Å². The molecule has 0 aliphatic heterocycles. The van der Waals surface area contributed by atoms with Crippen molar-refractivity contribution >= 4 is 15.9 Å². The predicted molar refractivity (Wildman–Crippen MR) is 120 cm³/mol. The summed E-state index contributed by atoms with van der Waals surface area (Å²) in [5.74, 6) is -0.829. The summed E-state index contributed by atoms with van der Waals surface area (Å²) in [4.78, 5) is 13.5. The molecule has 0 spiro atoms. The molecule has 0 saturated heterocycles. The van der Waals surface area contributed by atoms with Crippen LogP contribution in [0.2, 0.25) is 0 Å². The minimum atomic E-state index is -4.73. The Morgan fingerprint density at radius 1 is 0.806 bits per heavy atom.